The summed E-state index contributed by atoms with van der Waals surface area (Å²) in [4.78, 5) is 31.5. The van der Waals surface area contributed by atoms with Gasteiger partial charge in [-0.3, -0.25) is 19.5 Å². The Hall–Kier alpha value is -4.02. The van der Waals surface area contributed by atoms with Crippen LogP contribution in [0.3, 0.4) is 0 Å². The SMILES string of the molecule is N#Cc1ccccc1NC(=O)C(=O)NC[C@@H](c1cccnc1)N1CCc2ccccc2C1. The van der Waals surface area contributed by atoms with Gasteiger partial charge in [0, 0.05) is 32.0 Å². The van der Waals surface area contributed by atoms with E-state index in [1.807, 2.05) is 24.3 Å². The fourth-order valence-electron chi connectivity index (χ4n) is 3.95. The molecule has 7 heteroatoms. The molecule has 1 atom stereocenters. The predicted molar refractivity (Wildman–Crippen MR) is 120 cm³/mol. The van der Waals surface area contributed by atoms with Crippen molar-refractivity contribution in [3.05, 3.63) is 95.3 Å². The quantitative estimate of drug-likeness (QED) is 0.613. The lowest BCUT2D eigenvalue weighted by atomic mass is 9.97. The van der Waals surface area contributed by atoms with E-state index >= 15 is 0 Å². The monoisotopic (exact) mass is 425 g/mol. The minimum absolute atomic E-state index is 0.125. The Morgan fingerprint density at radius 3 is 2.59 bits per heavy atom. The summed E-state index contributed by atoms with van der Waals surface area (Å²) >= 11 is 0. The number of pyridine rings is 1. The van der Waals surface area contributed by atoms with Crippen LogP contribution in [0.15, 0.2) is 73.1 Å². The van der Waals surface area contributed by atoms with Gasteiger partial charge in [-0.1, -0.05) is 42.5 Å². The van der Waals surface area contributed by atoms with Crippen LogP contribution < -0.4 is 10.6 Å². The summed E-state index contributed by atoms with van der Waals surface area (Å²) in [5.41, 5.74) is 4.20. The number of aromatic nitrogens is 1. The molecule has 0 saturated heterocycles. The number of amides is 2. The lowest BCUT2D eigenvalue weighted by Crippen LogP contribution is -2.43. The van der Waals surface area contributed by atoms with Gasteiger partial charge in [-0.25, -0.2) is 0 Å². The molecule has 3 aromatic rings. The Morgan fingerprint density at radius 1 is 1.03 bits per heavy atom. The molecule has 7 nitrogen and oxygen atoms in total. The summed E-state index contributed by atoms with van der Waals surface area (Å²) in [6, 6.07) is 20.7. The number of benzene rings is 2. The molecule has 2 N–H and O–H groups in total. The Bertz CT molecular complexity index is 1160. The molecule has 2 amide bonds. The van der Waals surface area contributed by atoms with Gasteiger partial charge in [-0.05, 0) is 41.3 Å². The van der Waals surface area contributed by atoms with Crippen molar-refractivity contribution in [3.63, 3.8) is 0 Å². The first-order valence-electron chi connectivity index (χ1n) is 10.4. The largest absolute Gasteiger partial charge is 0.346 e. The lowest BCUT2D eigenvalue weighted by Gasteiger charge is -2.35. The highest BCUT2D eigenvalue weighted by atomic mass is 16.2. The highest BCUT2D eigenvalue weighted by Crippen LogP contribution is 2.27. The van der Waals surface area contributed by atoms with Gasteiger partial charge in [0.2, 0.25) is 0 Å². The van der Waals surface area contributed by atoms with Gasteiger partial charge in [0.05, 0.1) is 17.3 Å². The summed E-state index contributed by atoms with van der Waals surface area (Å²) in [7, 11) is 0. The zero-order valence-corrected chi connectivity index (χ0v) is 17.5. The molecule has 4 rings (SSSR count). The van der Waals surface area contributed by atoms with Gasteiger partial charge in [0.25, 0.3) is 0 Å². The number of hydrogen-bond acceptors (Lipinski definition) is 5. The van der Waals surface area contributed by atoms with Gasteiger partial charge in [-0.2, -0.15) is 5.26 Å². The molecule has 2 heterocycles. The van der Waals surface area contributed by atoms with Crippen molar-refractivity contribution in [2.24, 2.45) is 0 Å². The molecule has 0 unspecified atom stereocenters. The van der Waals surface area contributed by atoms with Crippen LogP contribution in [-0.4, -0.2) is 34.8 Å². The first kappa shape index (κ1) is 21.2. The van der Waals surface area contributed by atoms with Gasteiger partial charge in [0.1, 0.15) is 6.07 Å². The predicted octanol–water partition coefficient (Wildman–Crippen LogP) is 2.81. The second kappa shape index (κ2) is 9.86. The van der Waals surface area contributed by atoms with E-state index in [0.29, 0.717) is 11.3 Å². The third-order valence-corrected chi connectivity index (χ3v) is 5.63. The maximum absolute atomic E-state index is 12.5. The number of rotatable bonds is 5. The smallest absolute Gasteiger partial charge is 0.313 e. The van der Waals surface area contributed by atoms with Gasteiger partial charge >= 0.3 is 11.8 Å². The second-order valence-corrected chi connectivity index (χ2v) is 7.61. The van der Waals surface area contributed by atoms with Crippen LogP contribution in [0.1, 0.15) is 28.3 Å². The number of carbonyl (C=O) groups is 2. The van der Waals surface area contributed by atoms with Crippen molar-refractivity contribution in [1.29, 1.82) is 5.26 Å². The zero-order valence-electron chi connectivity index (χ0n) is 17.5. The summed E-state index contributed by atoms with van der Waals surface area (Å²) in [6.07, 6.45) is 4.43. The van der Waals surface area contributed by atoms with Crippen LogP contribution in [0.4, 0.5) is 5.69 Å². The molecule has 0 spiro atoms. The van der Waals surface area contributed by atoms with Crippen LogP contribution >= 0.6 is 0 Å². The van der Waals surface area contributed by atoms with E-state index in [1.165, 1.54) is 11.1 Å². The van der Waals surface area contributed by atoms with Crippen LogP contribution in [0, 0.1) is 11.3 Å². The van der Waals surface area contributed by atoms with Crippen molar-refractivity contribution < 1.29 is 9.59 Å². The van der Waals surface area contributed by atoms with Crippen molar-refractivity contribution in [1.82, 2.24) is 15.2 Å². The Morgan fingerprint density at radius 2 is 1.81 bits per heavy atom. The average Bonchev–Trinajstić information content (AvgIpc) is 2.85. The van der Waals surface area contributed by atoms with E-state index in [9.17, 15) is 14.9 Å². The molecule has 0 saturated carbocycles. The highest BCUT2D eigenvalue weighted by molar-refractivity contribution is 6.39. The highest BCUT2D eigenvalue weighted by Gasteiger charge is 2.26. The molecule has 0 aliphatic carbocycles. The number of nitrogens with one attached hydrogen (secondary N) is 2. The molecule has 32 heavy (non-hydrogen) atoms. The minimum atomic E-state index is -0.804. The average molecular weight is 425 g/mol. The third kappa shape index (κ3) is 4.82. The van der Waals surface area contributed by atoms with E-state index in [4.69, 9.17) is 0 Å². The van der Waals surface area contributed by atoms with E-state index in [0.717, 1.165) is 25.1 Å². The summed E-state index contributed by atoms with van der Waals surface area (Å²) in [6.45, 7) is 1.86. The van der Waals surface area contributed by atoms with Crippen LogP contribution in [0.2, 0.25) is 0 Å². The summed E-state index contributed by atoms with van der Waals surface area (Å²) < 4.78 is 0. The van der Waals surface area contributed by atoms with Crippen LogP contribution in [0.5, 0.6) is 0 Å². The topological polar surface area (TPSA) is 98.1 Å². The first-order valence-corrected chi connectivity index (χ1v) is 10.4. The number of fused-ring (bicyclic) bond motifs is 1. The maximum Gasteiger partial charge on any atom is 0.313 e. The van der Waals surface area contributed by atoms with Crippen LogP contribution in [0.25, 0.3) is 0 Å². The van der Waals surface area contributed by atoms with Gasteiger partial charge < -0.3 is 10.6 Å². The number of nitrogens with zero attached hydrogens (tertiary/aromatic N) is 3. The summed E-state index contributed by atoms with van der Waals surface area (Å²) in [5, 5.41) is 14.4. The van der Waals surface area contributed by atoms with Crippen LogP contribution in [-0.2, 0) is 22.6 Å². The molecule has 0 bridgehead atoms. The van der Waals surface area contributed by atoms with E-state index < -0.39 is 11.8 Å². The Balaban J connectivity index is 1.46. The van der Waals surface area contributed by atoms with Crippen molar-refractivity contribution in [2.45, 2.75) is 19.0 Å². The molecule has 1 aromatic heterocycles. The molecular formula is C25H23N5O2. The third-order valence-electron chi connectivity index (χ3n) is 5.63. The standard InChI is InChI=1S/C25H23N5O2/c26-14-19-7-3-4-10-22(19)29-25(32)24(31)28-16-23(20-9-5-12-27-15-20)30-13-11-18-6-1-2-8-21(18)17-30/h1-10,12,15,23H,11,13,16-17H2,(H,28,31)(H,29,32)/t23-/m0/s1. The molecule has 0 radical (unpaired) electrons. The van der Waals surface area contributed by atoms with Gasteiger partial charge in [0.15, 0.2) is 0 Å². The zero-order chi connectivity index (χ0) is 22.3. The van der Waals surface area contributed by atoms with Crippen molar-refractivity contribution in [2.75, 3.05) is 18.4 Å². The van der Waals surface area contributed by atoms with Crippen molar-refractivity contribution in [3.8, 4) is 6.07 Å². The lowest BCUT2D eigenvalue weighted by molar-refractivity contribution is -0.136. The first-order chi connectivity index (χ1) is 15.7. The molecule has 160 valence electrons. The van der Waals surface area contributed by atoms with E-state index in [2.05, 4.69) is 38.7 Å². The molecule has 2 aromatic carbocycles. The van der Waals surface area contributed by atoms with E-state index in [-0.39, 0.29) is 12.6 Å². The Kier molecular flexibility index (Phi) is 6.54. The maximum atomic E-state index is 12.5. The molecular weight excluding hydrogens is 402 g/mol. The number of para-hydroxylation sites is 1. The summed E-state index contributed by atoms with van der Waals surface area (Å²) in [5.74, 6) is -1.55. The molecule has 0 fully saturated rings. The second-order valence-electron chi connectivity index (χ2n) is 7.61. The molecule has 1 aliphatic heterocycles. The number of hydrogen-bond donors (Lipinski definition) is 2. The molecule has 1 aliphatic rings. The fourth-order valence-corrected chi connectivity index (χ4v) is 3.95. The van der Waals surface area contributed by atoms with E-state index in [1.54, 1.807) is 36.7 Å². The number of anilines is 1. The Labute approximate surface area is 186 Å². The van der Waals surface area contributed by atoms with Gasteiger partial charge in [-0.15, -0.1) is 0 Å². The minimum Gasteiger partial charge on any atom is -0.346 e. The number of nitriles is 1. The normalized spacial score (nSPS) is 14.0. The van der Waals surface area contributed by atoms with Crippen molar-refractivity contribution >= 4 is 17.5 Å². The fraction of sp³-hybridized carbons (Fsp3) is 0.200. The number of carbonyl (C=O) groups excluding carboxylic acids is 2.